The molecule has 0 unspecified atom stereocenters. The van der Waals surface area contributed by atoms with Crippen LogP contribution in [0.2, 0.25) is 0 Å². The number of pyridine rings is 2. The van der Waals surface area contributed by atoms with Gasteiger partial charge in [-0.3, -0.25) is 4.98 Å². The van der Waals surface area contributed by atoms with E-state index in [1.807, 2.05) is 56.4 Å². The number of aromatic nitrogens is 3. The van der Waals surface area contributed by atoms with E-state index in [4.69, 9.17) is 4.74 Å². The van der Waals surface area contributed by atoms with Crippen molar-refractivity contribution in [3.63, 3.8) is 0 Å². The smallest absolute Gasteiger partial charge is 0.189 e. The van der Waals surface area contributed by atoms with Crippen molar-refractivity contribution in [2.45, 2.75) is 13.8 Å². The summed E-state index contributed by atoms with van der Waals surface area (Å²) in [5.74, 6) is 1.53. The van der Waals surface area contributed by atoms with E-state index in [1.54, 1.807) is 30.8 Å². The van der Waals surface area contributed by atoms with Crippen LogP contribution in [-0.2, 0) is 0 Å². The molecular weight excluding hydrogens is 344 g/mol. The molecule has 0 spiro atoms. The minimum atomic E-state index is 0.745. The zero-order valence-electron chi connectivity index (χ0n) is 14.9. The number of hydrogen-bond acceptors (Lipinski definition) is 6. The standard InChI is InChI=1S/C18H14N4OS.C2H6/c1-23-14-8-13(10-19-11-14)12-5-6-15-16(9-12)24-18(21-15)22-17-4-2-3-7-20-17;1-2/h2-11H,1H3,(H,20,21,22);1-2H3. The van der Waals surface area contributed by atoms with Gasteiger partial charge in [-0.15, -0.1) is 0 Å². The van der Waals surface area contributed by atoms with Crippen molar-refractivity contribution in [2.75, 3.05) is 12.4 Å². The molecule has 3 heterocycles. The van der Waals surface area contributed by atoms with Gasteiger partial charge in [0, 0.05) is 18.0 Å². The van der Waals surface area contributed by atoms with Gasteiger partial charge in [0.2, 0.25) is 0 Å². The van der Waals surface area contributed by atoms with Gasteiger partial charge in [0.25, 0.3) is 0 Å². The third-order valence-corrected chi connectivity index (χ3v) is 4.50. The summed E-state index contributed by atoms with van der Waals surface area (Å²) >= 11 is 1.60. The highest BCUT2D eigenvalue weighted by atomic mass is 32.1. The van der Waals surface area contributed by atoms with Crippen molar-refractivity contribution in [3.8, 4) is 16.9 Å². The average Bonchev–Trinajstić information content (AvgIpc) is 3.11. The first-order valence-electron chi connectivity index (χ1n) is 8.40. The molecule has 0 radical (unpaired) electrons. The highest BCUT2D eigenvalue weighted by Crippen LogP contribution is 2.32. The van der Waals surface area contributed by atoms with E-state index in [0.717, 1.165) is 38.0 Å². The Morgan fingerprint density at radius 3 is 2.65 bits per heavy atom. The van der Waals surface area contributed by atoms with Gasteiger partial charge in [-0.2, -0.15) is 0 Å². The topological polar surface area (TPSA) is 59.9 Å². The zero-order valence-corrected chi connectivity index (χ0v) is 15.7. The van der Waals surface area contributed by atoms with E-state index >= 15 is 0 Å². The average molecular weight is 364 g/mol. The summed E-state index contributed by atoms with van der Waals surface area (Å²) in [5.41, 5.74) is 3.06. The molecule has 1 aromatic carbocycles. The molecule has 6 heteroatoms. The number of ether oxygens (including phenoxy) is 1. The number of methoxy groups -OCH3 is 1. The summed E-state index contributed by atoms with van der Waals surface area (Å²) < 4.78 is 6.35. The summed E-state index contributed by atoms with van der Waals surface area (Å²) in [6.45, 7) is 4.00. The molecule has 26 heavy (non-hydrogen) atoms. The molecule has 0 saturated carbocycles. The normalized spacial score (nSPS) is 10.1. The van der Waals surface area contributed by atoms with E-state index in [2.05, 4.69) is 26.3 Å². The van der Waals surface area contributed by atoms with Gasteiger partial charge < -0.3 is 10.1 Å². The van der Waals surface area contributed by atoms with Gasteiger partial charge in [0.1, 0.15) is 11.6 Å². The number of anilines is 2. The first kappa shape index (κ1) is 17.8. The highest BCUT2D eigenvalue weighted by molar-refractivity contribution is 7.22. The number of fused-ring (bicyclic) bond motifs is 1. The number of thiazole rings is 1. The molecule has 0 amide bonds. The Balaban J connectivity index is 0.000000948. The monoisotopic (exact) mass is 364 g/mol. The minimum Gasteiger partial charge on any atom is -0.495 e. The summed E-state index contributed by atoms with van der Waals surface area (Å²) in [6, 6.07) is 13.9. The second-order valence-electron chi connectivity index (χ2n) is 5.15. The Morgan fingerprint density at radius 1 is 1.00 bits per heavy atom. The van der Waals surface area contributed by atoms with Crippen molar-refractivity contribution >= 4 is 32.5 Å². The number of nitrogens with one attached hydrogen (secondary N) is 1. The van der Waals surface area contributed by atoms with Gasteiger partial charge >= 0.3 is 0 Å². The maximum absolute atomic E-state index is 5.25. The largest absolute Gasteiger partial charge is 0.495 e. The first-order valence-corrected chi connectivity index (χ1v) is 9.21. The zero-order chi connectivity index (χ0) is 18.4. The minimum absolute atomic E-state index is 0.745. The van der Waals surface area contributed by atoms with E-state index in [1.165, 1.54) is 0 Å². The Kier molecular flexibility index (Phi) is 5.76. The van der Waals surface area contributed by atoms with Crippen molar-refractivity contribution in [2.24, 2.45) is 0 Å². The predicted octanol–water partition coefficient (Wildman–Crippen LogP) is 5.53. The molecule has 0 saturated heterocycles. The molecule has 3 aromatic heterocycles. The molecule has 4 rings (SSSR count). The summed E-state index contributed by atoms with van der Waals surface area (Å²) in [4.78, 5) is 13.1. The van der Waals surface area contributed by atoms with E-state index in [9.17, 15) is 0 Å². The van der Waals surface area contributed by atoms with Crippen LogP contribution in [0, 0.1) is 0 Å². The fourth-order valence-corrected chi connectivity index (χ4v) is 3.30. The third kappa shape index (κ3) is 3.97. The Morgan fingerprint density at radius 2 is 1.88 bits per heavy atom. The molecular formula is C20H20N4OS. The SMILES string of the molecule is CC.COc1cncc(-c2ccc3nc(Nc4ccccn4)sc3c2)c1. The van der Waals surface area contributed by atoms with E-state index in [-0.39, 0.29) is 0 Å². The number of nitrogens with zero attached hydrogens (tertiary/aromatic N) is 3. The maximum atomic E-state index is 5.25. The molecule has 0 aliphatic rings. The third-order valence-electron chi connectivity index (χ3n) is 3.57. The molecule has 0 aliphatic heterocycles. The lowest BCUT2D eigenvalue weighted by Crippen LogP contribution is -1.90. The van der Waals surface area contributed by atoms with Gasteiger partial charge in [0.05, 0.1) is 23.5 Å². The molecule has 0 aliphatic carbocycles. The van der Waals surface area contributed by atoms with Crippen molar-refractivity contribution < 1.29 is 4.74 Å². The van der Waals surface area contributed by atoms with Crippen LogP contribution in [0.3, 0.4) is 0 Å². The Bertz CT molecular complexity index is 985. The first-order chi connectivity index (χ1) is 12.8. The Labute approximate surface area is 156 Å². The molecule has 132 valence electrons. The Hall–Kier alpha value is -2.99. The van der Waals surface area contributed by atoms with Gasteiger partial charge in [-0.1, -0.05) is 37.3 Å². The van der Waals surface area contributed by atoms with Crippen molar-refractivity contribution in [1.82, 2.24) is 15.0 Å². The maximum Gasteiger partial charge on any atom is 0.189 e. The number of hydrogen-bond donors (Lipinski definition) is 1. The summed E-state index contributed by atoms with van der Waals surface area (Å²) in [6.07, 6.45) is 5.28. The fraction of sp³-hybridized carbons (Fsp3) is 0.150. The van der Waals surface area contributed by atoms with Crippen LogP contribution in [0.5, 0.6) is 5.75 Å². The second kappa shape index (κ2) is 8.40. The quantitative estimate of drug-likeness (QED) is 0.516. The molecule has 5 nitrogen and oxygen atoms in total. The van der Waals surface area contributed by atoms with Gasteiger partial charge in [-0.25, -0.2) is 9.97 Å². The van der Waals surface area contributed by atoms with Crippen LogP contribution < -0.4 is 10.1 Å². The van der Waals surface area contributed by atoms with Crippen LogP contribution in [0.15, 0.2) is 61.1 Å². The predicted molar refractivity (Wildman–Crippen MR) is 108 cm³/mol. The number of rotatable bonds is 4. The lowest BCUT2D eigenvalue weighted by Gasteiger charge is -2.03. The van der Waals surface area contributed by atoms with Crippen LogP contribution in [0.4, 0.5) is 10.9 Å². The van der Waals surface area contributed by atoms with Crippen molar-refractivity contribution in [1.29, 1.82) is 0 Å². The molecule has 0 bridgehead atoms. The summed E-state index contributed by atoms with van der Waals surface area (Å²) in [7, 11) is 1.64. The van der Waals surface area contributed by atoms with Crippen LogP contribution in [-0.4, -0.2) is 22.1 Å². The van der Waals surface area contributed by atoms with Crippen LogP contribution >= 0.6 is 11.3 Å². The molecule has 0 atom stereocenters. The lowest BCUT2D eigenvalue weighted by atomic mass is 10.1. The molecule has 4 aromatic rings. The van der Waals surface area contributed by atoms with Crippen LogP contribution in [0.1, 0.15) is 13.8 Å². The van der Waals surface area contributed by atoms with Gasteiger partial charge in [-0.05, 0) is 35.9 Å². The number of benzene rings is 1. The second-order valence-corrected chi connectivity index (χ2v) is 6.19. The molecule has 0 fully saturated rings. The highest BCUT2D eigenvalue weighted by Gasteiger charge is 2.07. The fourth-order valence-electron chi connectivity index (χ4n) is 2.39. The van der Waals surface area contributed by atoms with Gasteiger partial charge in [0.15, 0.2) is 5.13 Å². The van der Waals surface area contributed by atoms with E-state index in [0.29, 0.717) is 0 Å². The summed E-state index contributed by atoms with van der Waals surface area (Å²) in [5, 5.41) is 4.06. The van der Waals surface area contributed by atoms with Crippen LogP contribution in [0.25, 0.3) is 21.3 Å². The van der Waals surface area contributed by atoms with Crippen molar-refractivity contribution in [3.05, 3.63) is 61.1 Å². The molecule has 1 N–H and O–H groups in total. The van der Waals surface area contributed by atoms with E-state index < -0.39 is 0 Å². The lowest BCUT2D eigenvalue weighted by molar-refractivity contribution is 0.413.